The number of para-hydroxylation sites is 1. The van der Waals surface area contributed by atoms with Crippen molar-refractivity contribution in [1.29, 1.82) is 0 Å². The van der Waals surface area contributed by atoms with Gasteiger partial charge in [0.05, 0.1) is 30.9 Å². The van der Waals surface area contributed by atoms with Crippen LogP contribution in [0.4, 0.5) is 0 Å². The number of carbonyl (C=O) groups is 2. The number of methoxy groups -OCH3 is 1. The molecule has 1 saturated heterocycles. The highest BCUT2D eigenvalue weighted by atomic mass is 16.5. The first kappa shape index (κ1) is 22.1. The molecule has 1 amide bonds. The summed E-state index contributed by atoms with van der Waals surface area (Å²) in [4.78, 5) is 27.7. The maximum Gasteiger partial charge on any atom is 0.340 e. The number of hydrogen-bond acceptors (Lipinski definition) is 4. The molecule has 0 bridgehead atoms. The number of aryl methyl sites for hydroxylation is 2. The van der Waals surface area contributed by atoms with Crippen molar-refractivity contribution < 1.29 is 19.1 Å². The Morgan fingerprint density at radius 1 is 1.22 bits per heavy atom. The maximum absolute atomic E-state index is 13.4. The van der Waals surface area contributed by atoms with Gasteiger partial charge in [0, 0.05) is 29.4 Å². The summed E-state index contributed by atoms with van der Waals surface area (Å²) >= 11 is 0. The fourth-order valence-corrected chi connectivity index (χ4v) is 4.71. The van der Waals surface area contributed by atoms with Crippen molar-refractivity contribution in [3.63, 3.8) is 0 Å². The summed E-state index contributed by atoms with van der Waals surface area (Å²) in [5.74, 6) is -0.677. The highest BCUT2D eigenvalue weighted by Gasteiger charge is 2.38. The van der Waals surface area contributed by atoms with Gasteiger partial charge in [-0.15, -0.1) is 0 Å². The average Bonchev–Trinajstić information content (AvgIpc) is 3.44. The molecular formula is C26H30N2O4. The minimum absolute atomic E-state index is 0.00160. The number of hydrogen-bond donors (Lipinski definition) is 0. The summed E-state index contributed by atoms with van der Waals surface area (Å²) in [5, 5.41) is 0. The van der Waals surface area contributed by atoms with Crippen molar-refractivity contribution in [1.82, 2.24) is 9.47 Å². The van der Waals surface area contributed by atoms with Crippen LogP contribution >= 0.6 is 0 Å². The summed E-state index contributed by atoms with van der Waals surface area (Å²) in [7, 11) is 1.34. The molecule has 6 heteroatoms. The smallest absolute Gasteiger partial charge is 0.340 e. The zero-order valence-electron chi connectivity index (χ0n) is 19.4. The summed E-state index contributed by atoms with van der Waals surface area (Å²) in [5.41, 5.74) is 6.57. The number of benzene rings is 1. The fourth-order valence-electron chi connectivity index (χ4n) is 4.71. The minimum Gasteiger partial charge on any atom is -0.465 e. The molecule has 32 heavy (non-hydrogen) atoms. The lowest BCUT2D eigenvalue weighted by Gasteiger charge is -2.21. The van der Waals surface area contributed by atoms with Gasteiger partial charge in [-0.25, -0.2) is 4.79 Å². The number of allylic oxidation sites excluding steroid dienone is 1. The molecule has 0 aliphatic carbocycles. The molecule has 0 saturated carbocycles. The SMILES string of the molecule is COC(=O)C1=C(C)N(CC2CCCO2)C(=O)C1=Cc1cc(C)n(-c2ccccc2C)c1C. The van der Waals surface area contributed by atoms with Gasteiger partial charge >= 0.3 is 5.97 Å². The molecule has 1 fully saturated rings. The van der Waals surface area contributed by atoms with Crippen LogP contribution in [0.3, 0.4) is 0 Å². The van der Waals surface area contributed by atoms with Crippen LogP contribution in [-0.2, 0) is 19.1 Å². The molecule has 6 nitrogen and oxygen atoms in total. The largest absolute Gasteiger partial charge is 0.465 e. The predicted molar refractivity (Wildman–Crippen MR) is 123 cm³/mol. The second-order valence-corrected chi connectivity index (χ2v) is 8.51. The molecule has 1 atom stereocenters. The third kappa shape index (κ3) is 3.79. The lowest BCUT2D eigenvalue weighted by molar-refractivity contribution is -0.136. The number of ether oxygens (including phenoxy) is 2. The number of amides is 1. The third-order valence-corrected chi connectivity index (χ3v) is 6.44. The molecule has 0 spiro atoms. The van der Waals surface area contributed by atoms with Gasteiger partial charge in [-0.1, -0.05) is 18.2 Å². The zero-order valence-corrected chi connectivity index (χ0v) is 19.4. The summed E-state index contributed by atoms with van der Waals surface area (Å²) < 4.78 is 12.9. The first-order chi connectivity index (χ1) is 15.3. The van der Waals surface area contributed by atoms with Crippen molar-refractivity contribution >= 4 is 18.0 Å². The fraction of sp³-hybridized carbons (Fsp3) is 0.385. The standard InChI is InChI=1S/C26H30N2O4/c1-16-9-6-7-11-23(16)28-17(2)13-20(18(28)3)14-22-24(26(30)31-5)19(4)27(25(22)29)15-21-10-8-12-32-21/h6-7,9,11,13-14,21H,8,10,12,15H2,1-5H3. The van der Waals surface area contributed by atoms with Gasteiger partial charge in [-0.05, 0) is 69.9 Å². The van der Waals surface area contributed by atoms with Crippen molar-refractivity contribution in [2.24, 2.45) is 0 Å². The average molecular weight is 435 g/mol. The van der Waals surface area contributed by atoms with Crippen LogP contribution in [0.5, 0.6) is 0 Å². The lowest BCUT2D eigenvalue weighted by atomic mass is 10.0. The quantitative estimate of drug-likeness (QED) is 0.521. The first-order valence-corrected chi connectivity index (χ1v) is 11.0. The molecule has 3 heterocycles. The first-order valence-electron chi connectivity index (χ1n) is 11.0. The van der Waals surface area contributed by atoms with Crippen LogP contribution in [0.25, 0.3) is 11.8 Å². The lowest BCUT2D eigenvalue weighted by Crippen LogP contribution is -2.33. The Hall–Kier alpha value is -3.12. The minimum atomic E-state index is -0.496. The van der Waals surface area contributed by atoms with E-state index >= 15 is 0 Å². The van der Waals surface area contributed by atoms with Gasteiger partial charge in [0.15, 0.2) is 0 Å². The molecule has 0 radical (unpaired) electrons. The van der Waals surface area contributed by atoms with Crippen LogP contribution in [0, 0.1) is 20.8 Å². The number of esters is 1. The second-order valence-electron chi connectivity index (χ2n) is 8.51. The highest BCUT2D eigenvalue weighted by Crippen LogP contribution is 2.34. The van der Waals surface area contributed by atoms with E-state index in [-0.39, 0.29) is 12.0 Å². The van der Waals surface area contributed by atoms with Crippen molar-refractivity contribution in [3.05, 3.63) is 69.7 Å². The van der Waals surface area contributed by atoms with Gasteiger partial charge in [0.25, 0.3) is 5.91 Å². The molecule has 1 unspecified atom stereocenters. The van der Waals surface area contributed by atoms with Crippen molar-refractivity contribution in [2.75, 3.05) is 20.3 Å². The Labute approximate surface area is 189 Å². The van der Waals surface area contributed by atoms with Crippen LogP contribution in [0.2, 0.25) is 0 Å². The van der Waals surface area contributed by atoms with E-state index in [1.54, 1.807) is 11.8 Å². The maximum atomic E-state index is 13.4. The molecule has 1 aromatic heterocycles. The van der Waals surface area contributed by atoms with Gasteiger partial charge in [0.2, 0.25) is 0 Å². The second kappa shape index (κ2) is 8.79. The normalized spacial score (nSPS) is 20.0. The molecule has 4 rings (SSSR count). The molecule has 2 aliphatic rings. The van der Waals surface area contributed by atoms with E-state index in [9.17, 15) is 9.59 Å². The molecule has 2 aliphatic heterocycles. The van der Waals surface area contributed by atoms with Crippen LogP contribution in [-0.4, -0.2) is 47.7 Å². The van der Waals surface area contributed by atoms with E-state index in [1.165, 1.54) is 12.7 Å². The number of carbonyl (C=O) groups excluding carboxylic acids is 2. The summed E-state index contributed by atoms with van der Waals surface area (Å²) in [6.45, 7) is 9.12. The third-order valence-electron chi connectivity index (χ3n) is 6.44. The van der Waals surface area contributed by atoms with E-state index in [1.807, 2.05) is 32.1 Å². The van der Waals surface area contributed by atoms with E-state index in [2.05, 4.69) is 29.7 Å². The Morgan fingerprint density at radius 3 is 2.62 bits per heavy atom. The van der Waals surface area contributed by atoms with Crippen LogP contribution in [0.15, 0.2) is 47.2 Å². The molecular weight excluding hydrogens is 404 g/mol. The predicted octanol–water partition coefficient (Wildman–Crippen LogP) is 4.25. The molecule has 168 valence electrons. The molecule has 1 aromatic carbocycles. The molecule has 0 N–H and O–H groups in total. The number of rotatable bonds is 5. The Morgan fingerprint density at radius 2 is 1.97 bits per heavy atom. The van der Waals surface area contributed by atoms with Gasteiger partial charge < -0.3 is 18.9 Å². The Balaban J connectivity index is 1.77. The Bertz CT molecular complexity index is 1130. The topological polar surface area (TPSA) is 60.8 Å². The van der Waals surface area contributed by atoms with Crippen LogP contribution in [0.1, 0.15) is 42.3 Å². The monoisotopic (exact) mass is 434 g/mol. The van der Waals surface area contributed by atoms with Gasteiger partial charge in [-0.3, -0.25) is 4.79 Å². The van der Waals surface area contributed by atoms with E-state index in [0.29, 0.717) is 30.0 Å². The van der Waals surface area contributed by atoms with E-state index in [0.717, 1.165) is 35.5 Å². The zero-order chi connectivity index (χ0) is 23.0. The van der Waals surface area contributed by atoms with Crippen LogP contribution < -0.4 is 0 Å². The van der Waals surface area contributed by atoms with E-state index in [4.69, 9.17) is 9.47 Å². The highest BCUT2D eigenvalue weighted by molar-refractivity contribution is 6.16. The van der Waals surface area contributed by atoms with Gasteiger partial charge in [-0.2, -0.15) is 0 Å². The molecule has 2 aromatic rings. The summed E-state index contributed by atoms with van der Waals surface area (Å²) in [6.07, 6.45) is 3.73. The van der Waals surface area contributed by atoms with Crippen molar-refractivity contribution in [3.8, 4) is 5.69 Å². The van der Waals surface area contributed by atoms with E-state index < -0.39 is 5.97 Å². The summed E-state index contributed by atoms with van der Waals surface area (Å²) in [6, 6.07) is 10.3. The van der Waals surface area contributed by atoms with Crippen molar-refractivity contribution in [2.45, 2.75) is 46.6 Å². The Kier molecular flexibility index (Phi) is 6.07. The number of aromatic nitrogens is 1. The van der Waals surface area contributed by atoms with Gasteiger partial charge in [0.1, 0.15) is 0 Å². The number of nitrogens with zero attached hydrogens (tertiary/aromatic N) is 2.